The maximum Gasteiger partial charge on any atom is 0.333 e. The molecule has 0 aliphatic carbocycles. The average Bonchev–Trinajstić information content (AvgIpc) is 2.15. The fraction of sp³-hybridized carbons (Fsp3) is 0.333. The van der Waals surface area contributed by atoms with Crippen LogP contribution in [-0.4, -0.2) is 19.6 Å². The topological polar surface area (TPSA) is 89.6 Å². The van der Waals surface area contributed by atoms with Crippen LogP contribution >= 0.6 is 22.6 Å². The van der Waals surface area contributed by atoms with E-state index in [0.717, 1.165) is 3.57 Å². The highest BCUT2D eigenvalue weighted by atomic mass is 127. The van der Waals surface area contributed by atoms with Gasteiger partial charge in [-0.15, -0.1) is 0 Å². The highest BCUT2D eigenvalue weighted by molar-refractivity contribution is 14.1. The van der Waals surface area contributed by atoms with Gasteiger partial charge in [0.2, 0.25) is 0 Å². The van der Waals surface area contributed by atoms with Gasteiger partial charge >= 0.3 is 10.3 Å². The van der Waals surface area contributed by atoms with Crippen molar-refractivity contribution in [1.29, 1.82) is 0 Å². The predicted molar refractivity (Wildman–Crippen MR) is 67.8 cm³/mol. The molecule has 0 aliphatic rings. The summed E-state index contributed by atoms with van der Waals surface area (Å²) in [6, 6.07) is 7.09. The van der Waals surface area contributed by atoms with Crippen molar-refractivity contribution >= 4 is 32.9 Å². The number of hydrogen-bond acceptors (Lipinski definition) is 4. The SMILES string of the molecule is C[C@@H](OS(N)(=O)=O)[C@H](O)c1ccccc1I. The molecule has 0 saturated heterocycles. The minimum atomic E-state index is -4.05. The van der Waals surface area contributed by atoms with Gasteiger partial charge in [-0.1, -0.05) is 18.2 Å². The second kappa shape index (κ2) is 5.41. The summed E-state index contributed by atoms with van der Waals surface area (Å²) < 4.78 is 26.7. The Bertz CT molecular complexity index is 462. The molecule has 0 saturated carbocycles. The Morgan fingerprint density at radius 2 is 2.00 bits per heavy atom. The summed E-state index contributed by atoms with van der Waals surface area (Å²) in [5.41, 5.74) is 0.610. The number of aliphatic hydroxyl groups is 1. The molecule has 0 bridgehead atoms. The summed E-state index contributed by atoms with van der Waals surface area (Å²) in [5, 5.41) is 14.6. The number of aliphatic hydroxyl groups excluding tert-OH is 1. The first kappa shape index (κ1) is 13.8. The number of benzene rings is 1. The van der Waals surface area contributed by atoms with E-state index >= 15 is 0 Å². The molecular weight excluding hydrogens is 345 g/mol. The standard InChI is InChI=1S/C9H12INO4S/c1-6(15-16(11,13)14)9(12)7-4-2-3-5-8(7)10/h2-6,9,12H,1H3,(H2,11,13,14)/t6-,9+/m1/s1. The number of rotatable bonds is 4. The molecule has 0 radical (unpaired) electrons. The zero-order valence-corrected chi connectivity index (χ0v) is 11.5. The lowest BCUT2D eigenvalue weighted by Gasteiger charge is -2.19. The van der Waals surface area contributed by atoms with Crippen LogP contribution in [-0.2, 0) is 14.5 Å². The third-order valence-corrected chi connectivity index (χ3v) is 3.51. The van der Waals surface area contributed by atoms with Gasteiger partial charge in [0.25, 0.3) is 0 Å². The fourth-order valence-corrected chi connectivity index (χ4v) is 2.47. The van der Waals surface area contributed by atoms with Gasteiger partial charge in [0, 0.05) is 3.57 Å². The van der Waals surface area contributed by atoms with Crippen LogP contribution in [0.5, 0.6) is 0 Å². The molecule has 0 amide bonds. The van der Waals surface area contributed by atoms with Gasteiger partial charge in [0.15, 0.2) is 0 Å². The van der Waals surface area contributed by atoms with Crippen molar-refractivity contribution in [2.45, 2.75) is 19.1 Å². The summed E-state index contributed by atoms with van der Waals surface area (Å²) in [7, 11) is -4.05. The first-order valence-electron chi connectivity index (χ1n) is 4.45. The van der Waals surface area contributed by atoms with Gasteiger partial charge in [-0.2, -0.15) is 8.42 Å². The summed E-state index contributed by atoms with van der Waals surface area (Å²) in [6.07, 6.45) is -1.96. The minimum absolute atomic E-state index is 0.610. The van der Waals surface area contributed by atoms with E-state index in [-0.39, 0.29) is 0 Å². The predicted octanol–water partition coefficient (Wildman–Crippen LogP) is 0.933. The highest BCUT2D eigenvalue weighted by Gasteiger charge is 2.22. The van der Waals surface area contributed by atoms with Crippen LogP contribution in [0, 0.1) is 3.57 Å². The quantitative estimate of drug-likeness (QED) is 0.785. The highest BCUT2D eigenvalue weighted by Crippen LogP contribution is 2.24. The van der Waals surface area contributed by atoms with Gasteiger partial charge in [0.05, 0.1) is 0 Å². The average molecular weight is 357 g/mol. The zero-order valence-electron chi connectivity index (χ0n) is 8.50. The summed E-state index contributed by atoms with van der Waals surface area (Å²) in [4.78, 5) is 0. The van der Waals surface area contributed by atoms with E-state index in [2.05, 4.69) is 4.18 Å². The zero-order chi connectivity index (χ0) is 12.3. The lowest BCUT2D eigenvalue weighted by atomic mass is 10.1. The lowest BCUT2D eigenvalue weighted by molar-refractivity contribution is 0.0503. The smallest absolute Gasteiger partial charge is 0.333 e. The van der Waals surface area contributed by atoms with Crippen molar-refractivity contribution in [3.05, 3.63) is 33.4 Å². The van der Waals surface area contributed by atoms with Crippen LogP contribution in [0.15, 0.2) is 24.3 Å². The number of hydrogen-bond donors (Lipinski definition) is 2. The van der Waals surface area contributed by atoms with Crippen molar-refractivity contribution < 1.29 is 17.7 Å². The van der Waals surface area contributed by atoms with Gasteiger partial charge in [0.1, 0.15) is 12.2 Å². The first-order chi connectivity index (χ1) is 7.31. The minimum Gasteiger partial charge on any atom is -0.386 e. The monoisotopic (exact) mass is 357 g/mol. The molecule has 0 heterocycles. The molecule has 0 aliphatic heterocycles. The van der Waals surface area contributed by atoms with E-state index < -0.39 is 22.5 Å². The molecule has 1 aromatic rings. The van der Waals surface area contributed by atoms with Crippen molar-refractivity contribution in [3.8, 4) is 0 Å². The number of halogens is 1. The summed E-state index contributed by atoms with van der Waals surface area (Å²) in [5.74, 6) is 0. The molecule has 0 aromatic heterocycles. The van der Waals surface area contributed by atoms with Gasteiger partial charge in [-0.25, -0.2) is 5.14 Å². The Hall–Kier alpha value is -0.220. The Balaban J connectivity index is 2.86. The van der Waals surface area contributed by atoms with Crippen molar-refractivity contribution in [2.75, 3.05) is 0 Å². The molecule has 0 spiro atoms. The third-order valence-electron chi connectivity index (χ3n) is 1.95. The van der Waals surface area contributed by atoms with E-state index in [1.54, 1.807) is 12.1 Å². The Morgan fingerprint density at radius 3 is 2.50 bits per heavy atom. The molecule has 0 fully saturated rings. The van der Waals surface area contributed by atoms with E-state index in [4.69, 9.17) is 5.14 Å². The van der Waals surface area contributed by atoms with Crippen molar-refractivity contribution in [1.82, 2.24) is 0 Å². The van der Waals surface area contributed by atoms with E-state index in [0.29, 0.717) is 5.56 Å². The van der Waals surface area contributed by atoms with Gasteiger partial charge in [-0.05, 0) is 41.1 Å². The lowest BCUT2D eigenvalue weighted by Crippen LogP contribution is -2.27. The largest absolute Gasteiger partial charge is 0.386 e. The van der Waals surface area contributed by atoms with Crippen LogP contribution < -0.4 is 5.14 Å². The van der Waals surface area contributed by atoms with Crippen LogP contribution in [0.4, 0.5) is 0 Å². The second-order valence-electron chi connectivity index (χ2n) is 3.26. The van der Waals surface area contributed by atoms with Crippen LogP contribution in [0.25, 0.3) is 0 Å². The fourth-order valence-electron chi connectivity index (χ4n) is 1.23. The molecule has 16 heavy (non-hydrogen) atoms. The summed E-state index contributed by atoms with van der Waals surface area (Å²) in [6.45, 7) is 1.44. The Morgan fingerprint density at radius 1 is 1.44 bits per heavy atom. The third kappa shape index (κ3) is 3.98. The van der Waals surface area contributed by atoms with E-state index in [1.807, 2.05) is 34.7 Å². The normalized spacial score (nSPS) is 15.8. The van der Waals surface area contributed by atoms with Gasteiger partial charge < -0.3 is 5.11 Å². The molecule has 2 atom stereocenters. The first-order valence-corrected chi connectivity index (χ1v) is 7.00. The van der Waals surface area contributed by atoms with Crippen LogP contribution in [0.3, 0.4) is 0 Å². The molecule has 3 N–H and O–H groups in total. The maximum atomic E-state index is 10.7. The van der Waals surface area contributed by atoms with Crippen molar-refractivity contribution in [3.63, 3.8) is 0 Å². The second-order valence-corrected chi connectivity index (χ2v) is 5.60. The molecule has 1 rings (SSSR count). The van der Waals surface area contributed by atoms with Crippen molar-refractivity contribution in [2.24, 2.45) is 5.14 Å². The van der Waals surface area contributed by atoms with Gasteiger partial charge in [-0.3, -0.25) is 4.18 Å². The maximum absolute atomic E-state index is 10.7. The van der Waals surface area contributed by atoms with Crippen LogP contribution in [0.2, 0.25) is 0 Å². The van der Waals surface area contributed by atoms with E-state index in [1.165, 1.54) is 6.92 Å². The molecule has 1 aromatic carbocycles. The molecule has 90 valence electrons. The Labute approximate surface area is 108 Å². The molecule has 0 unspecified atom stereocenters. The Kier molecular flexibility index (Phi) is 4.68. The van der Waals surface area contributed by atoms with Crippen LogP contribution in [0.1, 0.15) is 18.6 Å². The number of nitrogens with two attached hydrogens (primary N) is 1. The molecule has 5 nitrogen and oxygen atoms in total. The molecule has 7 heteroatoms. The van der Waals surface area contributed by atoms with E-state index in [9.17, 15) is 13.5 Å². The summed E-state index contributed by atoms with van der Waals surface area (Å²) >= 11 is 2.05. The molecular formula is C9H12INO4S.